The Morgan fingerprint density at radius 2 is 2.30 bits per heavy atom. The Balaban J connectivity index is 2.03. The topological polar surface area (TPSA) is 67.2 Å². The Bertz CT molecular complexity index is 596. The summed E-state index contributed by atoms with van der Waals surface area (Å²) in [5.41, 5.74) is 1.23. The van der Waals surface area contributed by atoms with Crippen molar-refractivity contribution in [2.45, 2.75) is 19.4 Å². The molecular weight excluding hydrogens is 322 g/mol. The first-order valence-corrected chi connectivity index (χ1v) is 7.13. The molecule has 2 N–H and O–H groups in total. The predicted octanol–water partition coefficient (Wildman–Crippen LogP) is 2.14. The third-order valence-corrected chi connectivity index (χ3v) is 3.24. The van der Waals surface area contributed by atoms with E-state index in [9.17, 15) is 4.79 Å². The van der Waals surface area contributed by atoms with E-state index in [0.29, 0.717) is 18.7 Å². The molecule has 0 spiro atoms. The maximum atomic E-state index is 11.9. The predicted molar refractivity (Wildman–Crippen MR) is 79.9 cm³/mol. The lowest BCUT2D eigenvalue weighted by Crippen LogP contribution is -2.27. The van der Waals surface area contributed by atoms with Gasteiger partial charge in [0.05, 0.1) is 11.8 Å². The summed E-state index contributed by atoms with van der Waals surface area (Å²) in [6, 6.07) is 9.33. The highest BCUT2D eigenvalue weighted by Crippen LogP contribution is 2.15. The van der Waals surface area contributed by atoms with E-state index < -0.39 is 6.10 Å². The van der Waals surface area contributed by atoms with Crippen LogP contribution in [0, 0.1) is 0 Å². The van der Waals surface area contributed by atoms with Gasteiger partial charge in [-0.05, 0) is 37.6 Å². The highest BCUT2D eigenvalue weighted by Gasteiger charge is 2.10. The number of aliphatic hydroxyl groups excluding tert-OH is 1. The van der Waals surface area contributed by atoms with E-state index in [4.69, 9.17) is 5.11 Å². The maximum absolute atomic E-state index is 11.9. The second-order valence-corrected chi connectivity index (χ2v) is 5.43. The second kappa shape index (κ2) is 6.67. The normalized spacial score (nSPS) is 12.2. The number of benzene rings is 1. The van der Waals surface area contributed by atoms with Crippen molar-refractivity contribution in [1.29, 1.82) is 0 Å². The molecule has 0 aliphatic rings. The van der Waals surface area contributed by atoms with Crippen LogP contribution in [-0.4, -0.2) is 33.4 Å². The van der Waals surface area contributed by atoms with Crippen LogP contribution in [0.15, 0.2) is 41.0 Å². The summed E-state index contributed by atoms with van der Waals surface area (Å²) in [7, 11) is 0. The van der Waals surface area contributed by atoms with Gasteiger partial charge in [-0.1, -0.05) is 22.0 Å². The average Bonchev–Trinajstić information content (AvgIpc) is 2.87. The summed E-state index contributed by atoms with van der Waals surface area (Å²) in [6.45, 7) is 2.12. The molecule has 1 aromatic carbocycles. The highest BCUT2D eigenvalue weighted by atomic mass is 79.9. The molecule has 1 heterocycles. The lowest BCUT2D eigenvalue weighted by Gasteiger charge is -2.05. The number of amides is 1. The van der Waals surface area contributed by atoms with Gasteiger partial charge in [-0.25, -0.2) is 4.68 Å². The van der Waals surface area contributed by atoms with Crippen LogP contribution in [0.1, 0.15) is 23.8 Å². The number of nitrogens with one attached hydrogen (secondary N) is 1. The highest BCUT2D eigenvalue weighted by molar-refractivity contribution is 9.10. The van der Waals surface area contributed by atoms with Crippen molar-refractivity contribution in [3.63, 3.8) is 0 Å². The van der Waals surface area contributed by atoms with E-state index in [-0.39, 0.29) is 5.91 Å². The first kappa shape index (κ1) is 14.7. The lowest BCUT2D eigenvalue weighted by molar-refractivity contribution is 0.0940. The minimum Gasteiger partial charge on any atom is -0.393 e. The molecule has 6 heteroatoms. The number of hydrogen-bond acceptors (Lipinski definition) is 3. The minimum atomic E-state index is -0.422. The summed E-state index contributed by atoms with van der Waals surface area (Å²) in [4.78, 5) is 11.9. The zero-order valence-corrected chi connectivity index (χ0v) is 12.7. The van der Waals surface area contributed by atoms with Crippen LogP contribution < -0.4 is 5.32 Å². The van der Waals surface area contributed by atoms with Gasteiger partial charge in [0.25, 0.3) is 5.91 Å². The molecule has 1 amide bonds. The lowest BCUT2D eigenvalue weighted by atomic mass is 10.3. The number of carbonyl (C=O) groups excluding carboxylic acids is 1. The van der Waals surface area contributed by atoms with Gasteiger partial charge in [0, 0.05) is 17.2 Å². The van der Waals surface area contributed by atoms with Crippen molar-refractivity contribution >= 4 is 21.8 Å². The third kappa shape index (κ3) is 3.91. The van der Waals surface area contributed by atoms with Gasteiger partial charge in [0.2, 0.25) is 0 Å². The number of nitrogens with zero attached hydrogens (tertiary/aromatic N) is 2. The average molecular weight is 338 g/mol. The summed E-state index contributed by atoms with van der Waals surface area (Å²) in [5, 5.41) is 16.1. The van der Waals surface area contributed by atoms with Crippen LogP contribution in [0.3, 0.4) is 0 Å². The zero-order valence-electron chi connectivity index (χ0n) is 11.1. The fourth-order valence-electron chi connectivity index (χ4n) is 1.69. The van der Waals surface area contributed by atoms with Gasteiger partial charge in [0.15, 0.2) is 5.69 Å². The number of halogens is 1. The maximum Gasteiger partial charge on any atom is 0.271 e. The number of carbonyl (C=O) groups is 1. The van der Waals surface area contributed by atoms with Crippen molar-refractivity contribution in [1.82, 2.24) is 15.1 Å². The first-order chi connectivity index (χ1) is 9.56. The molecule has 0 aliphatic carbocycles. The summed E-state index contributed by atoms with van der Waals surface area (Å²) in [5.74, 6) is -0.237. The van der Waals surface area contributed by atoms with Crippen LogP contribution in [0.2, 0.25) is 0 Å². The van der Waals surface area contributed by atoms with Gasteiger partial charge >= 0.3 is 0 Å². The zero-order chi connectivity index (χ0) is 14.5. The minimum absolute atomic E-state index is 0.237. The molecule has 1 unspecified atom stereocenters. The number of hydrogen-bond donors (Lipinski definition) is 2. The largest absolute Gasteiger partial charge is 0.393 e. The third-order valence-electron chi connectivity index (χ3n) is 2.74. The fraction of sp³-hybridized carbons (Fsp3) is 0.286. The molecule has 5 nitrogen and oxygen atoms in total. The second-order valence-electron chi connectivity index (χ2n) is 4.52. The fourth-order valence-corrected chi connectivity index (χ4v) is 2.08. The Morgan fingerprint density at radius 3 is 3.00 bits per heavy atom. The standard InChI is InChI=1S/C14H16BrN3O2/c1-10(19)5-7-16-14(20)13-6-8-18(17-13)12-4-2-3-11(15)9-12/h2-4,6,8-10,19H,5,7H2,1H3,(H,16,20). The summed E-state index contributed by atoms with van der Waals surface area (Å²) < 4.78 is 2.60. The van der Waals surface area contributed by atoms with E-state index in [1.54, 1.807) is 23.9 Å². The van der Waals surface area contributed by atoms with Crippen LogP contribution in [0.5, 0.6) is 0 Å². The van der Waals surface area contributed by atoms with Crippen LogP contribution in [0.4, 0.5) is 0 Å². The van der Waals surface area contributed by atoms with E-state index in [1.165, 1.54) is 0 Å². The molecule has 0 saturated carbocycles. The van der Waals surface area contributed by atoms with Gasteiger partial charge < -0.3 is 10.4 Å². The van der Waals surface area contributed by atoms with E-state index in [1.807, 2.05) is 24.3 Å². The van der Waals surface area contributed by atoms with Crippen LogP contribution in [-0.2, 0) is 0 Å². The molecule has 2 rings (SSSR count). The first-order valence-electron chi connectivity index (χ1n) is 6.34. The Hall–Kier alpha value is -1.66. The molecule has 0 aliphatic heterocycles. The van der Waals surface area contributed by atoms with Crippen molar-refractivity contribution in [2.24, 2.45) is 0 Å². The van der Waals surface area contributed by atoms with E-state index >= 15 is 0 Å². The molecule has 1 aromatic heterocycles. The monoisotopic (exact) mass is 337 g/mol. The van der Waals surface area contributed by atoms with E-state index in [0.717, 1.165) is 10.2 Å². The number of aromatic nitrogens is 2. The number of rotatable bonds is 5. The van der Waals surface area contributed by atoms with Gasteiger partial charge in [-0.2, -0.15) is 5.10 Å². The number of aliphatic hydroxyl groups is 1. The smallest absolute Gasteiger partial charge is 0.271 e. The van der Waals surface area contributed by atoms with Crippen LogP contribution >= 0.6 is 15.9 Å². The Kier molecular flexibility index (Phi) is 4.92. The van der Waals surface area contributed by atoms with E-state index in [2.05, 4.69) is 26.3 Å². The molecule has 0 fully saturated rings. The molecule has 106 valence electrons. The molecule has 0 radical (unpaired) electrons. The SMILES string of the molecule is CC(O)CCNC(=O)c1ccn(-c2cccc(Br)c2)n1. The quantitative estimate of drug-likeness (QED) is 0.878. The molecule has 0 bridgehead atoms. The molecule has 0 saturated heterocycles. The Morgan fingerprint density at radius 1 is 1.50 bits per heavy atom. The van der Waals surface area contributed by atoms with Gasteiger partial charge in [0.1, 0.15) is 0 Å². The van der Waals surface area contributed by atoms with Gasteiger partial charge in [-0.3, -0.25) is 4.79 Å². The van der Waals surface area contributed by atoms with Crippen molar-refractivity contribution < 1.29 is 9.90 Å². The Labute approximate surface area is 125 Å². The van der Waals surface area contributed by atoms with Crippen molar-refractivity contribution in [2.75, 3.05) is 6.54 Å². The molecule has 20 heavy (non-hydrogen) atoms. The van der Waals surface area contributed by atoms with Crippen molar-refractivity contribution in [3.05, 3.63) is 46.7 Å². The molecule has 1 atom stereocenters. The van der Waals surface area contributed by atoms with Gasteiger partial charge in [-0.15, -0.1) is 0 Å². The molecular formula is C14H16BrN3O2. The van der Waals surface area contributed by atoms with Crippen molar-refractivity contribution in [3.8, 4) is 5.69 Å². The van der Waals surface area contributed by atoms with Crippen LogP contribution in [0.25, 0.3) is 5.69 Å². The summed E-state index contributed by atoms with van der Waals surface area (Å²) >= 11 is 3.40. The molecule has 2 aromatic rings. The summed E-state index contributed by atoms with van der Waals surface area (Å²) in [6.07, 6.45) is 1.85.